The molecule has 0 atom stereocenters. The Morgan fingerprint density at radius 1 is 0.708 bits per heavy atom. The SMILES string of the molecule is C=N/C(=C\Cc1cccc2oc3ccc(-c4ccc5ccc6cccc7ccc4c5c67)cc3c12)C1=CCCC=C1.NCc1ccccc1. The number of furan rings is 1. The van der Waals surface area contributed by atoms with E-state index in [0.29, 0.717) is 6.54 Å². The average Bonchev–Trinajstić information content (AvgIpc) is 3.54. The van der Waals surface area contributed by atoms with Gasteiger partial charge in [0.2, 0.25) is 0 Å². The zero-order valence-electron chi connectivity index (χ0n) is 26.8. The zero-order chi connectivity index (χ0) is 32.5. The molecule has 8 aromatic rings. The molecule has 48 heavy (non-hydrogen) atoms. The number of aliphatic imine (C=N–C) groups is 1. The largest absolute Gasteiger partial charge is 0.456 e. The van der Waals surface area contributed by atoms with E-state index in [1.54, 1.807) is 0 Å². The Morgan fingerprint density at radius 3 is 2.23 bits per heavy atom. The van der Waals surface area contributed by atoms with E-state index in [9.17, 15) is 0 Å². The van der Waals surface area contributed by atoms with Crippen molar-refractivity contribution in [2.75, 3.05) is 0 Å². The van der Waals surface area contributed by atoms with Gasteiger partial charge in [0, 0.05) is 17.3 Å². The lowest BCUT2D eigenvalue weighted by Gasteiger charge is -2.14. The molecule has 3 heteroatoms. The predicted molar refractivity (Wildman–Crippen MR) is 205 cm³/mol. The maximum absolute atomic E-state index is 6.33. The van der Waals surface area contributed by atoms with Crippen molar-refractivity contribution in [1.82, 2.24) is 0 Å². The van der Waals surface area contributed by atoms with Crippen LogP contribution in [0.2, 0.25) is 0 Å². The third kappa shape index (κ3) is 5.38. The van der Waals surface area contributed by atoms with E-state index in [0.717, 1.165) is 47.1 Å². The molecule has 9 rings (SSSR count). The monoisotopic (exact) mass is 620 g/mol. The van der Waals surface area contributed by atoms with Crippen molar-refractivity contribution in [3.05, 3.63) is 168 Å². The number of benzene rings is 7. The first-order chi connectivity index (χ1) is 23.7. The first-order valence-electron chi connectivity index (χ1n) is 16.6. The van der Waals surface area contributed by atoms with Gasteiger partial charge in [-0.15, -0.1) is 0 Å². The Bertz CT molecular complexity index is 2520. The van der Waals surface area contributed by atoms with E-state index in [4.69, 9.17) is 10.2 Å². The fraction of sp³-hybridized carbons (Fsp3) is 0.0889. The molecule has 2 N–H and O–H groups in total. The molecule has 0 bridgehead atoms. The average molecular weight is 621 g/mol. The van der Waals surface area contributed by atoms with E-state index < -0.39 is 0 Å². The summed E-state index contributed by atoms with van der Waals surface area (Å²) in [7, 11) is 0. The smallest absolute Gasteiger partial charge is 0.135 e. The number of allylic oxidation sites excluding steroid dienone is 4. The highest BCUT2D eigenvalue weighted by Gasteiger charge is 2.15. The van der Waals surface area contributed by atoms with E-state index in [2.05, 4.69) is 127 Å². The molecule has 1 heterocycles. The molecule has 7 aromatic carbocycles. The molecular formula is C45H36N2O. The van der Waals surface area contributed by atoms with E-state index >= 15 is 0 Å². The summed E-state index contributed by atoms with van der Waals surface area (Å²) < 4.78 is 6.33. The van der Waals surface area contributed by atoms with Gasteiger partial charge in [0.15, 0.2) is 0 Å². The van der Waals surface area contributed by atoms with E-state index in [-0.39, 0.29) is 0 Å². The maximum Gasteiger partial charge on any atom is 0.135 e. The van der Waals surface area contributed by atoms with Gasteiger partial charge in [-0.3, -0.25) is 4.99 Å². The van der Waals surface area contributed by atoms with Crippen molar-refractivity contribution in [3.63, 3.8) is 0 Å². The molecule has 0 spiro atoms. The molecule has 3 nitrogen and oxygen atoms in total. The van der Waals surface area contributed by atoms with Crippen molar-refractivity contribution in [1.29, 1.82) is 0 Å². The molecule has 232 valence electrons. The number of hydrogen-bond donors (Lipinski definition) is 1. The van der Waals surface area contributed by atoms with Gasteiger partial charge in [-0.2, -0.15) is 0 Å². The van der Waals surface area contributed by atoms with Crippen LogP contribution in [0.1, 0.15) is 24.0 Å². The Hall–Kier alpha value is -5.77. The molecule has 1 aliphatic carbocycles. The molecular weight excluding hydrogens is 585 g/mol. The predicted octanol–water partition coefficient (Wildman–Crippen LogP) is 11.7. The Labute approximate surface area is 280 Å². The minimum absolute atomic E-state index is 0.640. The molecule has 0 aliphatic heterocycles. The number of hydrogen-bond acceptors (Lipinski definition) is 3. The lowest BCUT2D eigenvalue weighted by Crippen LogP contribution is -1.94. The van der Waals surface area contributed by atoms with Gasteiger partial charge in [-0.25, -0.2) is 0 Å². The number of nitrogens with two attached hydrogens (primary N) is 1. The molecule has 0 amide bonds. The Morgan fingerprint density at radius 2 is 1.48 bits per heavy atom. The maximum atomic E-state index is 6.33. The van der Waals surface area contributed by atoms with Crippen LogP contribution in [-0.4, -0.2) is 6.72 Å². The molecule has 0 saturated heterocycles. The zero-order valence-corrected chi connectivity index (χ0v) is 26.8. The van der Waals surface area contributed by atoms with Crippen LogP contribution in [0.15, 0.2) is 166 Å². The topological polar surface area (TPSA) is 51.5 Å². The lowest BCUT2D eigenvalue weighted by atomic mass is 9.89. The van der Waals surface area contributed by atoms with Crippen LogP contribution in [0.3, 0.4) is 0 Å². The van der Waals surface area contributed by atoms with Gasteiger partial charge in [0.05, 0.1) is 5.70 Å². The van der Waals surface area contributed by atoms with Crippen LogP contribution in [-0.2, 0) is 13.0 Å². The summed E-state index contributed by atoms with van der Waals surface area (Å²) in [6.07, 6.45) is 11.7. The molecule has 0 fully saturated rings. The van der Waals surface area contributed by atoms with Crippen molar-refractivity contribution < 1.29 is 4.42 Å². The summed E-state index contributed by atoms with van der Waals surface area (Å²) in [5, 5.41) is 10.1. The highest BCUT2D eigenvalue weighted by Crippen LogP contribution is 2.41. The summed E-state index contributed by atoms with van der Waals surface area (Å²) >= 11 is 0. The Kier molecular flexibility index (Phi) is 7.89. The van der Waals surface area contributed by atoms with Gasteiger partial charge in [0.1, 0.15) is 11.2 Å². The van der Waals surface area contributed by atoms with Crippen LogP contribution in [0.5, 0.6) is 0 Å². The lowest BCUT2D eigenvalue weighted by molar-refractivity contribution is 0.669. The van der Waals surface area contributed by atoms with Crippen molar-refractivity contribution >= 4 is 61.0 Å². The van der Waals surface area contributed by atoms with E-state index in [1.165, 1.54) is 60.0 Å². The second-order valence-corrected chi connectivity index (χ2v) is 12.4. The van der Waals surface area contributed by atoms with Gasteiger partial charge >= 0.3 is 0 Å². The van der Waals surface area contributed by atoms with Crippen LogP contribution in [0.4, 0.5) is 0 Å². The highest BCUT2D eigenvalue weighted by atomic mass is 16.3. The first kappa shape index (κ1) is 29.6. The van der Waals surface area contributed by atoms with Crippen molar-refractivity contribution in [3.8, 4) is 11.1 Å². The van der Waals surface area contributed by atoms with Crippen LogP contribution in [0, 0.1) is 0 Å². The molecule has 1 aromatic heterocycles. The standard InChI is InChI=1S/C38H27NO.C7H9N/c1-39-33(24-7-3-2-4-8-24)21-17-27-11-6-12-35-37(27)32-23-29(18-22-34(32)40-35)30-19-15-28-14-13-25-9-5-10-26-16-20-31(30)38(28)36(25)26;8-6-7-4-2-1-3-5-7/h3,5-16,18-23H,1-2,4,17H2;1-5H,6,8H2/b33-21-;. The molecule has 0 radical (unpaired) electrons. The molecule has 1 aliphatic rings. The molecule has 0 unspecified atom stereocenters. The third-order valence-corrected chi connectivity index (χ3v) is 9.48. The normalized spacial score (nSPS) is 13.4. The van der Waals surface area contributed by atoms with Gasteiger partial charge in [-0.1, -0.05) is 127 Å². The van der Waals surface area contributed by atoms with E-state index in [1.807, 2.05) is 30.3 Å². The first-order valence-corrected chi connectivity index (χ1v) is 16.6. The van der Waals surface area contributed by atoms with Gasteiger partial charge in [0.25, 0.3) is 0 Å². The second-order valence-electron chi connectivity index (χ2n) is 12.4. The van der Waals surface area contributed by atoms with Gasteiger partial charge < -0.3 is 10.2 Å². The van der Waals surface area contributed by atoms with Crippen LogP contribution < -0.4 is 5.73 Å². The summed E-state index contributed by atoms with van der Waals surface area (Å²) in [5.74, 6) is 0. The van der Waals surface area contributed by atoms with Gasteiger partial charge in [-0.05, 0) is 104 Å². The fourth-order valence-electron chi connectivity index (χ4n) is 7.12. The summed E-state index contributed by atoms with van der Waals surface area (Å²) in [5.41, 5.74) is 14.1. The van der Waals surface area contributed by atoms with Crippen molar-refractivity contribution in [2.24, 2.45) is 10.7 Å². The quantitative estimate of drug-likeness (QED) is 0.148. The van der Waals surface area contributed by atoms with Crippen LogP contribution in [0.25, 0.3) is 65.4 Å². The number of nitrogens with zero attached hydrogens (tertiary/aromatic N) is 1. The summed E-state index contributed by atoms with van der Waals surface area (Å²) in [6.45, 7) is 4.48. The van der Waals surface area contributed by atoms with Crippen molar-refractivity contribution in [2.45, 2.75) is 25.8 Å². The minimum atomic E-state index is 0.640. The molecule has 0 saturated carbocycles. The minimum Gasteiger partial charge on any atom is -0.456 e. The fourth-order valence-corrected chi connectivity index (χ4v) is 7.12. The van der Waals surface area contributed by atoms with Crippen LogP contribution >= 0.6 is 0 Å². The second kappa shape index (κ2) is 12.8. The third-order valence-electron chi connectivity index (χ3n) is 9.48. The summed E-state index contributed by atoms with van der Waals surface area (Å²) in [6, 6.07) is 43.1. The highest BCUT2D eigenvalue weighted by molar-refractivity contribution is 6.25. The Balaban J connectivity index is 0.000000371. The summed E-state index contributed by atoms with van der Waals surface area (Å²) in [4.78, 5) is 4.34. The number of rotatable bonds is 6. The number of fused-ring (bicyclic) bond motifs is 3.